The van der Waals surface area contributed by atoms with E-state index in [9.17, 15) is 9.59 Å². The number of nitrogens with one attached hydrogen (secondary N) is 1. The average molecular weight is 290 g/mol. The zero-order valence-corrected chi connectivity index (χ0v) is 12.7. The smallest absolute Gasteiger partial charge is 0.260 e. The quantitative estimate of drug-likeness (QED) is 0.941. The number of aromatic nitrogens is 1. The monoisotopic (exact) mass is 290 g/mol. The second-order valence-corrected chi connectivity index (χ2v) is 5.97. The Morgan fingerprint density at radius 2 is 2.15 bits per heavy atom. The van der Waals surface area contributed by atoms with Gasteiger partial charge in [-0.1, -0.05) is 0 Å². The van der Waals surface area contributed by atoms with Crippen LogP contribution >= 0.6 is 11.3 Å². The van der Waals surface area contributed by atoms with Gasteiger partial charge in [-0.25, -0.2) is 0 Å². The minimum absolute atomic E-state index is 0.0311. The average Bonchev–Trinajstić information content (AvgIpc) is 2.81. The van der Waals surface area contributed by atoms with Crippen molar-refractivity contribution in [2.24, 2.45) is 0 Å². The third-order valence-electron chi connectivity index (χ3n) is 3.21. The Balaban J connectivity index is 2.30. The van der Waals surface area contributed by atoms with Gasteiger partial charge in [0.05, 0.1) is 6.54 Å². The zero-order valence-electron chi connectivity index (χ0n) is 11.8. The Labute approximate surface area is 122 Å². The maximum absolute atomic E-state index is 12.6. The maximum Gasteiger partial charge on any atom is 0.260 e. The molecule has 0 atom stereocenters. The Morgan fingerprint density at radius 1 is 1.40 bits per heavy atom. The Bertz CT molecular complexity index is 658. The Morgan fingerprint density at radius 3 is 2.70 bits per heavy atom. The van der Waals surface area contributed by atoms with Crippen molar-refractivity contribution in [3.63, 3.8) is 0 Å². The lowest BCUT2D eigenvalue weighted by molar-refractivity contribution is 0.0690. The highest BCUT2D eigenvalue weighted by Crippen LogP contribution is 2.20. The third-order valence-corrected chi connectivity index (χ3v) is 4.22. The fourth-order valence-corrected chi connectivity index (χ4v) is 2.86. The van der Waals surface area contributed by atoms with Gasteiger partial charge in [-0.3, -0.25) is 9.59 Å². The lowest BCUT2D eigenvalue weighted by Gasteiger charge is -2.26. The van der Waals surface area contributed by atoms with Crippen molar-refractivity contribution in [1.82, 2.24) is 9.88 Å². The molecule has 2 heterocycles. The molecule has 1 amide bonds. The summed E-state index contributed by atoms with van der Waals surface area (Å²) in [4.78, 5) is 29.7. The van der Waals surface area contributed by atoms with Crippen LogP contribution in [0.5, 0.6) is 0 Å². The molecule has 0 bridgehead atoms. The first-order valence-corrected chi connectivity index (χ1v) is 7.40. The molecule has 0 fully saturated rings. The van der Waals surface area contributed by atoms with Gasteiger partial charge in [0.25, 0.3) is 11.5 Å². The molecular weight excluding hydrogens is 272 g/mol. The van der Waals surface area contributed by atoms with E-state index in [1.165, 1.54) is 11.8 Å². The Kier molecular flexibility index (Phi) is 4.39. The molecule has 0 radical (unpaired) electrons. The number of pyridine rings is 1. The number of nitrogens with zero attached hydrogens (tertiary/aromatic N) is 1. The van der Waals surface area contributed by atoms with Crippen LogP contribution in [0.3, 0.4) is 0 Å². The molecule has 0 aromatic carbocycles. The van der Waals surface area contributed by atoms with Gasteiger partial charge >= 0.3 is 0 Å². The number of rotatable bonds is 4. The molecule has 0 unspecified atom stereocenters. The summed E-state index contributed by atoms with van der Waals surface area (Å²) >= 11 is 1.63. The summed E-state index contributed by atoms with van der Waals surface area (Å²) in [6.07, 6.45) is 1.53. The van der Waals surface area contributed by atoms with Crippen molar-refractivity contribution in [3.05, 3.63) is 56.1 Å². The summed E-state index contributed by atoms with van der Waals surface area (Å²) in [6, 6.07) is 5.31. The summed E-state index contributed by atoms with van der Waals surface area (Å²) in [6.45, 7) is 6.48. The second-order valence-electron chi connectivity index (χ2n) is 4.97. The first-order chi connectivity index (χ1) is 9.50. The zero-order chi connectivity index (χ0) is 14.7. The highest BCUT2D eigenvalue weighted by Gasteiger charge is 2.22. The lowest BCUT2D eigenvalue weighted by Crippen LogP contribution is -2.38. The van der Waals surface area contributed by atoms with Gasteiger partial charge in [-0.15, -0.1) is 11.3 Å². The molecule has 0 aliphatic carbocycles. The first-order valence-electron chi connectivity index (χ1n) is 6.52. The third kappa shape index (κ3) is 2.99. The Hall–Kier alpha value is -1.88. The molecule has 1 N–H and O–H groups in total. The van der Waals surface area contributed by atoms with Crippen molar-refractivity contribution in [1.29, 1.82) is 0 Å². The number of amides is 1. The van der Waals surface area contributed by atoms with Gasteiger partial charge in [0, 0.05) is 17.1 Å². The highest BCUT2D eigenvalue weighted by molar-refractivity contribution is 7.10. The molecule has 0 aliphatic rings. The van der Waals surface area contributed by atoms with E-state index >= 15 is 0 Å². The van der Waals surface area contributed by atoms with Crippen molar-refractivity contribution in [2.45, 2.75) is 33.4 Å². The van der Waals surface area contributed by atoms with Crippen LogP contribution in [-0.4, -0.2) is 21.8 Å². The summed E-state index contributed by atoms with van der Waals surface area (Å²) in [5, 5.41) is 2.02. The fraction of sp³-hybridized carbons (Fsp3) is 0.333. The predicted molar refractivity (Wildman–Crippen MR) is 81.1 cm³/mol. The summed E-state index contributed by atoms with van der Waals surface area (Å²) < 4.78 is 0. The van der Waals surface area contributed by atoms with Gasteiger partial charge in [-0.2, -0.15) is 0 Å². The van der Waals surface area contributed by atoms with Crippen LogP contribution < -0.4 is 5.56 Å². The van der Waals surface area contributed by atoms with Gasteiger partial charge in [0.2, 0.25) is 0 Å². The van der Waals surface area contributed by atoms with E-state index < -0.39 is 0 Å². The van der Waals surface area contributed by atoms with Crippen LogP contribution in [0.25, 0.3) is 0 Å². The summed E-state index contributed by atoms with van der Waals surface area (Å²) in [7, 11) is 0. The molecule has 0 aliphatic heterocycles. The number of aromatic amines is 1. The van der Waals surface area contributed by atoms with E-state index in [1.807, 2.05) is 32.2 Å². The second kappa shape index (κ2) is 6.05. The van der Waals surface area contributed by atoms with Crippen molar-refractivity contribution < 1.29 is 4.79 Å². The van der Waals surface area contributed by atoms with Crippen LogP contribution in [0.15, 0.2) is 34.6 Å². The molecule has 4 nitrogen and oxygen atoms in total. The molecule has 5 heteroatoms. The fourth-order valence-electron chi connectivity index (χ4n) is 1.95. The van der Waals surface area contributed by atoms with E-state index in [0.29, 0.717) is 6.54 Å². The molecule has 0 spiro atoms. The predicted octanol–water partition coefficient (Wildman–Crippen LogP) is 2.80. The van der Waals surface area contributed by atoms with Crippen LogP contribution in [-0.2, 0) is 6.54 Å². The molecule has 2 aromatic heterocycles. The van der Waals surface area contributed by atoms with Crippen molar-refractivity contribution in [3.8, 4) is 0 Å². The maximum atomic E-state index is 12.6. The van der Waals surface area contributed by atoms with Gasteiger partial charge < -0.3 is 9.88 Å². The van der Waals surface area contributed by atoms with Crippen molar-refractivity contribution >= 4 is 17.2 Å². The number of carbonyl (C=O) groups excluding carboxylic acids is 1. The topological polar surface area (TPSA) is 53.2 Å². The standard InChI is InChI=1S/C15H18N2O2S/c1-10(2)17(9-13-11(3)6-8-20-13)15(19)12-5-4-7-16-14(12)18/h4-8,10H,9H2,1-3H3,(H,16,18). The molecule has 2 rings (SSSR count). The molecule has 0 saturated carbocycles. The molecule has 0 saturated heterocycles. The van der Waals surface area contributed by atoms with Crippen LogP contribution in [0, 0.1) is 6.92 Å². The van der Waals surface area contributed by atoms with Gasteiger partial charge in [-0.05, 0) is 49.9 Å². The summed E-state index contributed by atoms with van der Waals surface area (Å²) in [5.74, 6) is -0.227. The van der Waals surface area contributed by atoms with E-state index in [-0.39, 0.29) is 23.1 Å². The number of aryl methyl sites for hydroxylation is 1. The molecule has 2 aromatic rings. The van der Waals surface area contributed by atoms with E-state index in [2.05, 4.69) is 4.98 Å². The highest BCUT2D eigenvalue weighted by atomic mass is 32.1. The van der Waals surface area contributed by atoms with Crippen molar-refractivity contribution in [2.75, 3.05) is 0 Å². The number of H-pyrrole nitrogens is 1. The SMILES string of the molecule is Cc1ccsc1CN(C(=O)c1ccc[nH]c1=O)C(C)C. The molecular formula is C15H18N2O2S. The molecule has 106 valence electrons. The van der Waals surface area contributed by atoms with Gasteiger partial charge in [0.1, 0.15) is 5.56 Å². The van der Waals surface area contributed by atoms with Crippen LogP contribution in [0.2, 0.25) is 0 Å². The minimum Gasteiger partial charge on any atom is -0.331 e. The largest absolute Gasteiger partial charge is 0.331 e. The summed E-state index contributed by atoms with van der Waals surface area (Å²) in [5.41, 5.74) is 1.02. The minimum atomic E-state index is -0.342. The lowest BCUT2D eigenvalue weighted by atomic mass is 10.2. The number of hydrogen-bond donors (Lipinski definition) is 1. The molecule has 20 heavy (non-hydrogen) atoms. The van der Waals surface area contributed by atoms with Crippen LogP contribution in [0.1, 0.15) is 34.6 Å². The number of thiophene rings is 1. The van der Waals surface area contributed by atoms with Gasteiger partial charge in [0.15, 0.2) is 0 Å². The van der Waals surface area contributed by atoms with Crippen LogP contribution in [0.4, 0.5) is 0 Å². The normalized spacial score (nSPS) is 10.8. The van der Waals surface area contributed by atoms with E-state index in [0.717, 1.165) is 4.88 Å². The first kappa shape index (κ1) is 14.5. The number of hydrogen-bond acceptors (Lipinski definition) is 3. The van der Waals surface area contributed by atoms with E-state index in [1.54, 1.807) is 28.4 Å². The number of carbonyl (C=O) groups is 1. The van der Waals surface area contributed by atoms with E-state index in [4.69, 9.17) is 0 Å².